The molecule has 4 aromatic carbocycles. The number of hydrogen-bond acceptors (Lipinski definition) is 4. The SMILES string of the molecule is CC(C)(Cc1ccccc1)NC(=O)[C@H](CCC(=O)O)NC(=O)c1ccc(-c2ccc(COc3cccc(C(C)(C)C)c3)cc2)cc1. The lowest BCUT2D eigenvalue weighted by Gasteiger charge is -2.29. The van der Waals surface area contributed by atoms with Crippen molar-refractivity contribution in [3.8, 4) is 16.9 Å². The molecule has 4 rings (SSSR count). The Morgan fingerprint density at radius 1 is 0.761 bits per heavy atom. The fraction of sp³-hybridized carbons (Fsp3) is 0.308. The summed E-state index contributed by atoms with van der Waals surface area (Å²) in [5, 5.41) is 15.0. The van der Waals surface area contributed by atoms with E-state index in [-0.39, 0.29) is 18.3 Å². The van der Waals surface area contributed by atoms with Crippen LogP contribution in [0.2, 0.25) is 0 Å². The summed E-state index contributed by atoms with van der Waals surface area (Å²) in [4.78, 5) is 37.7. The zero-order valence-corrected chi connectivity index (χ0v) is 27.3. The van der Waals surface area contributed by atoms with E-state index in [1.165, 1.54) is 5.56 Å². The number of rotatable bonds is 13. The molecule has 4 aromatic rings. The maximum atomic E-state index is 13.2. The van der Waals surface area contributed by atoms with Crippen LogP contribution in [0.5, 0.6) is 5.75 Å². The molecule has 0 fully saturated rings. The van der Waals surface area contributed by atoms with Crippen molar-refractivity contribution in [3.63, 3.8) is 0 Å². The van der Waals surface area contributed by atoms with Gasteiger partial charge in [-0.25, -0.2) is 0 Å². The summed E-state index contributed by atoms with van der Waals surface area (Å²) in [6, 6.07) is 32.2. The van der Waals surface area contributed by atoms with Crippen LogP contribution < -0.4 is 15.4 Å². The molecule has 0 saturated carbocycles. The van der Waals surface area contributed by atoms with E-state index in [1.54, 1.807) is 12.1 Å². The fourth-order valence-electron chi connectivity index (χ4n) is 5.18. The van der Waals surface area contributed by atoms with Crippen LogP contribution in [0.15, 0.2) is 103 Å². The number of benzene rings is 4. The third-order valence-corrected chi connectivity index (χ3v) is 7.76. The van der Waals surface area contributed by atoms with Gasteiger partial charge in [0.25, 0.3) is 5.91 Å². The molecular formula is C39H44N2O5. The maximum absolute atomic E-state index is 13.2. The molecule has 7 nitrogen and oxygen atoms in total. The Morgan fingerprint density at radius 3 is 2.00 bits per heavy atom. The number of carbonyl (C=O) groups excluding carboxylic acids is 2. The summed E-state index contributed by atoms with van der Waals surface area (Å²) in [6.45, 7) is 10.8. The summed E-state index contributed by atoms with van der Waals surface area (Å²) < 4.78 is 6.04. The minimum absolute atomic E-state index is 0.0233. The van der Waals surface area contributed by atoms with Gasteiger partial charge in [0.15, 0.2) is 0 Å². The summed E-state index contributed by atoms with van der Waals surface area (Å²) in [6.07, 6.45) is 0.311. The monoisotopic (exact) mass is 620 g/mol. The van der Waals surface area contributed by atoms with E-state index in [2.05, 4.69) is 43.5 Å². The first kappa shape index (κ1) is 34.0. The molecule has 0 saturated heterocycles. The maximum Gasteiger partial charge on any atom is 0.303 e. The van der Waals surface area contributed by atoms with Crippen LogP contribution in [0, 0.1) is 0 Å². The zero-order valence-electron chi connectivity index (χ0n) is 27.3. The lowest BCUT2D eigenvalue weighted by Crippen LogP contribution is -2.54. The van der Waals surface area contributed by atoms with E-state index in [0.29, 0.717) is 18.6 Å². The molecule has 2 amide bonds. The first-order valence-electron chi connectivity index (χ1n) is 15.6. The van der Waals surface area contributed by atoms with Gasteiger partial charge in [-0.3, -0.25) is 14.4 Å². The minimum atomic E-state index is -1.03. The zero-order chi connectivity index (χ0) is 33.3. The molecule has 0 aliphatic rings. The Morgan fingerprint density at radius 2 is 1.39 bits per heavy atom. The Bertz CT molecular complexity index is 1620. The molecular weight excluding hydrogens is 576 g/mol. The molecule has 240 valence electrons. The van der Waals surface area contributed by atoms with Crippen molar-refractivity contribution in [3.05, 3.63) is 125 Å². The number of carbonyl (C=O) groups is 3. The average molecular weight is 621 g/mol. The molecule has 1 atom stereocenters. The van der Waals surface area contributed by atoms with Crippen molar-refractivity contribution in [2.24, 2.45) is 0 Å². The molecule has 3 N–H and O–H groups in total. The molecule has 0 unspecified atom stereocenters. The van der Waals surface area contributed by atoms with Gasteiger partial charge in [-0.2, -0.15) is 0 Å². The Kier molecular flexibility index (Phi) is 11.0. The lowest BCUT2D eigenvalue weighted by atomic mass is 9.87. The standard InChI is InChI=1S/C39H44N2O5/c1-38(2,3)32-12-9-13-33(24-32)46-26-28-14-16-29(17-15-28)30-18-20-31(21-19-30)36(44)40-34(22-23-35(42)43)37(45)41-39(4,5)25-27-10-7-6-8-11-27/h6-21,24,34H,22-23,25-26H2,1-5H3,(H,40,44)(H,41,45)(H,42,43)/t34-/m0/s1. The highest BCUT2D eigenvalue weighted by molar-refractivity contribution is 5.98. The van der Waals surface area contributed by atoms with Crippen LogP contribution in [-0.4, -0.2) is 34.5 Å². The van der Waals surface area contributed by atoms with Crippen LogP contribution >= 0.6 is 0 Å². The van der Waals surface area contributed by atoms with Crippen LogP contribution in [0.25, 0.3) is 11.1 Å². The highest BCUT2D eigenvalue weighted by Crippen LogP contribution is 2.26. The van der Waals surface area contributed by atoms with Gasteiger partial charge in [0.1, 0.15) is 18.4 Å². The van der Waals surface area contributed by atoms with E-state index < -0.39 is 29.4 Å². The van der Waals surface area contributed by atoms with Gasteiger partial charge < -0.3 is 20.5 Å². The van der Waals surface area contributed by atoms with Crippen molar-refractivity contribution in [2.75, 3.05) is 0 Å². The fourth-order valence-corrected chi connectivity index (χ4v) is 5.18. The Hall–Kier alpha value is -4.91. The molecule has 46 heavy (non-hydrogen) atoms. The highest BCUT2D eigenvalue weighted by atomic mass is 16.5. The third kappa shape index (κ3) is 10.1. The average Bonchev–Trinajstić information content (AvgIpc) is 3.02. The second kappa shape index (κ2) is 14.9. The quantitative estimate of drug-likeness (QED) is 0.145. The van der Waals surface area contributed by atoms with E-state index in [9.17, 15) is 19.5 Å². The Labute approximate surface area is 272 Å². The van der Waals surface area contributed by atoms with Crippen molar-refractivity contribution in [1.82, 2.24) is 10.6 Å². The van der Waals surface area contributed by atoms with Gasteiger partial charge in [-0.1, -0.05) is 99.6 Å². The molecule has 0 bridgehead atoms. The highest BCUT2D eigenvalue weighted by Gasteiger charge is 2.28. The third-order valence-electron chi connectivity index (χ3n) is 7.76. The number of carboxylic acids is 1. The lowest BCUT2D eigenvalue weighted by molar-refractivity contribution is -0.137. The summed E-state index contributed by atoms with van der Waals surface area (Å²) >= 11 is 0. The van der Waals surface area contributed by atoms with E-state index in [0.717, 1.165) is 28.0 Å². The number of nitrogens with one attached hydrogen (secondary N) is 2. The van der Waals surface area contributed by atoms with Gasteiger partial charge in [0.2, 0.25) is 5.91 Å². The van der Waals surface area contributed by atoms with E-state index in [1.807, 2.05) is 92.7 Å². The predicted octanol–water partition coefficient (Wildman–Crippen LogP) is 7.33. The first-order chi connectivity index (χ1) is 21.8. The smallest absolute Gasteiger partial charge is 0.303 e. The second-order valence-electron chi connectivity index (χ2n) is 13.3. The number of ether oxygens (including phenoxy) is 1. The molecule has 0 heterocycles. The summed E-state index contributed by atoms with van der Waals surface area (Å²) in [5.74, 6) is -1.06. The minimum Gasteiger partial charge on any atom is -0.489 e. The molecule has 0 radical (unpaired) electrons. The van der Waals surface area contributed by atoms with Crippen molar-refractivity contribution in [1.29, 1.82) is 0 Å². The van der Waals surface area contributed by atoms with Gasteiger partial charge in [0.05, 0.1) is 0 Å². The normalized spacial score (nSPS) is 12.2. The summed E-state index contributed by atoms with van der Waals surface area (Å²) in [7, 11) is 0. The first-order valence-corrected chi connectivity index (χ1v) is 15.6. The van der Waals surface area contributed by atoms with Crippen LogP contribution in [0.4, 0.5) is 0 Å². The number of carboxylic acid groups (broad SMARTS) is 1. The van der Waals surface area contributed by atoms with Gasteiger partial charge in [-0.15, -0.1) is 0 Å². The van der Waals surface area contributed by atoms with Gasteiger partial charge >= 0.3 is 5.97 Å². The van der Waals surface area contributed by atoms with Crippen LogP contribution in [0.3, 0.4) is 0 Å². The largest absolute Gasteiger partial charge is 0.489 e. The predicted molar refractivity (Wildman–Crippen MR) is 182 cm³/mol. The number of hydrogen-bond donors (Lipinski definition) is 3. The molecule has 0 spiro atoms. The van der Waals surface area contributed by atoms with Crippen LogP contribution in [0.1, 0.15) is 74.5 Å². The van der Waals surface area contributed by atoms with Crippen LogP contribution in [-0.2, 0) is 28.0 Å². The van der Waals surface area contributed by atoms with Gasteiger partial charge in [0, 0.05) is 17.5 Å². The number of amides is 2. The number of aliphatic carboxylic acids is 1. The summed E-state index contributed by atoms with van der Waals surface area (Å²) in [5.41, 5.74) is 5.07. The molecule has 7 heteroatoms. The van der Waals surface area contributed by atoms with E-state index in [4.69, 9.17) is 4.74 Å². The van der Waals surface area contributed by atoms with Crippen molar-refractivity contribution in [2.45, 2.75) is 77.5 Å². The molecule has 0 aromatic heterocycles. The topological polar surface area (TPSA) is 105 Å². The molecule has 0 aliphatic heterocycles. The van der Waals surface area contributed by atoms with Gasteiger partial charge in [-0.05, 0) is 84.2 Å². The Balaban J connectivity index is 1.37. The van der Waals surface area contributed by atoms with E-state index >= 15 is 0 Å². The molecule has 0 aliphatic carbocycles. The van der Waals surface area contributed by atoms with Crippen molar-refractivity contribution < 1.29 is 24.2 Å². The van der Waals surface area contributed by atoms with Crippen molar-refractivity contribution >= 4 is 17.8 Å². The second-order valence-corrected chi connectivity index (χ2v) is 13.3.